The topological polar surface area (TPSA) is 46.3 Å². The minimum atomic E-state index is -0.0441. The van der Waals surface area contributed by atoms with Crippen molar-refractivity contribution in [3.05, 3.63) is 34.9 Å². The van der Waals surface area contributed by atoms with Crippen molar-refractivity contribution in [1.82, 2.24) is 4.90 Å². The summed E-state index contributed by atoms with van der Waals surface area (Å²) in [5, 5.41) is 0.704. The lowest BCUT2D eigenvalue weighted by Crippen LogP contribution is -2.34. The van der Waals surface area contributed by atoms with Crippen molar-refractivity contribution in [3.8, 4) is 0 Å². The zero-order valence-corrected chi connectivity index (χ0v) is 12.7. The van der Waals surface area contributed by atoms with Crippen molar-refractivity contribution < 1.29 is 4.79 Å². The van der Waals surface area contributed by atoms with E-state index in [0.29, 0.717) is 11.4 Å². The van der Waals surface area contributed by atoms with Crippen LogP contribution < -0.4 is 5.73 Å². The highest BCUT2D eigenvalue weighted by atomic mass is 35.5. The molecule has 1 amide bonds. The van der Waals surface area contributed by atoms with E-state index in [4.69, 9.17) is 17.3 Å². The van der Waals surface area contributed by atoms with Gasteiger partial charge >= 0.3 is 0 Å². The predicted octanol–water partition coefficient (Wildman–Crippen LogP) is 3.38. The quantitative estimate of drug-likeness (QED) is 0.869. The molecule has 0 aromatic heterocycles. The zero-order valence-electron chi connectivity index (χ0n) is 11.9. The summed E-state index contributed by atoms with van der Waals surface area (Å²) in [7, 11) is 1.82. The number of nitrogens with two attached hydrogens (primary N) is 1. The third-order valence-electron chi connectivity index (χ3n) is 3.42. The summed E-state index contributed by atoms with van der Waals surface area (Å²) in [6.07, 6.45) is 2.29. The summed E-state index contributed by atoms with van der Waals surface area (Å²) >= 11 is 5.87. The Labute approximate surface area is 120 Å². The van der Waals surface area contributed by atoms with E-state index in [2.05, 4.69) is 6.92 Å². The average Bonchev–Trinajstić information content (AvgIpc) is 2.38. The summed E-state index contributed by atoms with van der Waals surface area (Å²) in [4.78, 5) is 13.9. The number of nitrogens with zero attached hydrogens (tertiary/aromatic N) is 1. The van der Waals surface area contributed by atoms with Crippen LogP contribution in [0.3, 0.4) is 0 Å². The fourth-order valence-corrected chi connectivity index (χ4v) is 2.15. The number of amides is 1. The van der Waals surface area contributed by atoms with Gasteiger partial charge in [-0.25, -0.2) is 0 Å². The lowest BCUT2D eigenvalue weighted by atomic mass is 10.1. The van der Waals surface area contributed by atoms with Crippen LogP contribution in [0.25, 0.3) is 0 Å². The van der Waals surface area contributed by atoms with Crippen molar-refractivity contribution in [3.63, 3.8) is 0 Å². The zero-order chi connectivity index (χ0) is 14.4. The Morgan fingerprint density at radius 1 is 1.37 bits per heavy atom. The minimum absolute atomic E-state index is 0.0265. The lowest BCUT2D eigenvalue weighted by Gasteiger charge is -2.26. The number of hydrogen-bond donors (Lipinski definition) is 1. The maximum atomic E-state index is 12.1. The molecule has 0 fully saturated rings. The first-order valence-electron chi connectivity index (χ1n) is 6.72. The highest BCUT2D eigenvalue weighted by Gasteiger charge is 2.19. The van der Waals surface area contributed by atoms with E-state index >= 15 is 0 Å². The molecule has 106 valence electrons. The van der Waals surface area contributed by atoms with Gasteiger partial charge in [0.1, 0.15) is 0 Å². The van der Waals surface area contributed by atoms with Crippen LogP contribution in [-0.2, 0) is 4.79 Å². The Morgan fingerprint density at radius 3 is 2.47 bits per heavy atom. The Bertz CT molecular complexity index is 405. The van der Waals surface area contributed by atoms with Gasteiger partial charge in [-0.1, -0.05) is 37.1 Å². The van der Waals surface area contributed by atoms with Crippen LogP contribution in [0.5, 0.6) is 0 Å². The highest BCUT2D eigenvalue weighted by molar-refractivity contribution is 6.30. The molecule has 19 heavy (non-hydrogen) atoms. The molecule has 2 atom stereocenters. The van der Waals surface area contributed by atoms with Gasteiger partial charge in [0, 0.05) is 24.5 Å². The van der Waals surface area contributed by atoms with E-state index < -0.39 is 0 Å². The van der Waals surface area contributed by atoms with Gasteiger partial charge in [0.25, 0.3) is 0 Å². The molecule has 0 aliphatic heterocycles. The molecule has 4 heteroatoms. The molecule has 0 aliphatic carbocycles. The Kier molecular flexibility index (Phi) is 6.32. The Morgan fingerprint density at radius 2 is 1.95 bits per heavy atom. The van der Waals surface area contributed by atoms with Crippen molar-refractivity contribution in [2.75, 3.05) is 7.05 Å². The molecule has 2 unspecified atom stereocenters. The molecule has 1 aromatic carbocycles. The summed E-state index contributed by atoms with van der Waals surface area (Å²) < 4.78 is 0. The number of halogens is 1. The number of rotatable bonds is 6. The summed E-state index contributed by atoms with van der Waals surface area (Å²) in [6.45, 7) is 4.08. The van der Waals surface area contributed by atoms with Crippen molar-refractivity contribution in [1.29, 1.82) is 0 Å². The fourth-order valence-electron chi connectivity index (χ4n) is 2.02. The van der Waals surface area contributed by atoms with Crippen molar-refractivity contribution >= 4 is 17.5 Å². The monoisotopic (exact) mass is 282 g/mol. The molecule has 0 spiro atoms. The van der Waals surface area contributed by atoms with Gasteiger partial charge in [-0.3, -0.25) is 4.79 Å². The largest absolute Gasteiger partial charge is 0.339 e. The third kappa shape index (κ3) is 4.84. The van der Waals surface area contributed by atoms with Gasteiger partial charge in [0.2, 0.25) is 5.91 Å². The highest BCUT2D eigenvalue weighted by Crippen LogP contribution is 2.21. The van der Waals surface area contributed by atoms with E-state index in [1.807, 2.05) is 38.2 Å². The lowest BCUT2D eigenvalue weighted by molar-refractivity contribution is -0.132. The van der Waals surface area contributed by atoms with Gasteiger partial charge in [0.05, 0.1) is 6.04 Å². The first-order valence-corrected chi connectivity index (χ1v) is 7.10. The molecule has 0 radical (unpaired) electrons. The molecular weight excluding hydrogens is 260 g/mol. The smallest absolute Gasteiger partial charge is 0.224 e. The minimum Gasteiger partial charge on any atom is -0.339 e. The van der Waals surface area contributed by atoms with E-state index in [0.717, 1.165) is 18.4 Å². The van der Waals surface area contributed by atoms with E-state index in [1.54, 1.807) is 4.90 Å². The molecule has 0 saturated carbocycles. The second kappa shape index (κ2) is 7.51. The average molecular weight is 283 g/mol. The van der Waals surface area contributed by atoms with Gasteiger partial charge in [-0.05, 0) is 31.0 Å². The maximum Gasteiger partial charge on any atom is 0.224 e. The van der Waals surface area contributed by atoms with Crippen LogP contribution in [0.2, 0.25) is 5.02 Å². The van der Waals surface area contributed by atoms with Gasteiger partial charge in [0.15, 0.2) is 0 Å². The predicted molar refractivity (Wildman–Crippen MR) is 80.1 cm³/mol. The normalized spacial score (nSPS) is 13.9. The summed E-state index contributed by atoms with van der Waals surface area (Å²) in [5.41, 5.74) is 6.99. The van der Waals surface area contributed by atoms with E-state index in [1.165, 1.54) is 0 Å². The van der Waals surface area contributed by atoms with Crippen LogP contribution in [0, 0.1) is 0 Å². The first-order chi connectivity index (χ1) is 8.95. The third-order valence-corrected chi connectivity index (χ3v) is 3.68. The number of benzene rings is 1. The maximum absolute atomic E-state index is 12.1. The number of carbonyl (C=O) groups is 1. The molecule has 0 aliphatic rings. The standard InChI is InChI=1S/C15H23ClN2O/c1-4-5-14(17)10-15(19)18(3)11(2)12-6-8-13(16)9-7-12/h6-9,11,14H,4-5,10,17H2,1-3H3. The van der Waals surface area contributed by atoms with E-state index in [-0.39, 0.29) is 18.0 Å². The van der Waals surface area contributed by atoms with Gasteiger partial charge in [-0.2, -0.15) is 0 Å². The van der Waals surface area contributed by atoms with Gasteiger partial charge < -0.3 is 10.6 Å². The fraction of sp³-hybridized carbons (Fsp3) is 0.533. The molecule has 0 bridgehead atoms. The van der Waals surface area contributed by atoms with Crippen molar-refractivity contribution in [2.24, 2.45) is 5.73 Å². The molecule has 0 saturated heterocycles. The van der Waals surface area contributed by atoms with Crippen LogP contribution in [0.4, 0.5) is 0 Å². The molecule has 1 rings (SSSR count). The SMILES string of the molecule is CCCC(N)CC(=O)N(C)C(C)c1ccc(Cl)cc1. The second-order valence-corrected chi connectivity index (χ2v) is 5.42. The molecule has 1 aromatic rings. The van der Waals surface area contributed by atoms with Crippen LogP contribution in [0.15, 0.2) is 24.3 Å². The first kappa shape index (κ1) is 16.0. The molecular formula is C15H23ClN2O. The Balaban J connectivity index is 2.63. The van der Waals surface area contributed by atoms with E-state index in [9.17, 15) is 4.79 Å². The van der Waals surface area contributed by atoms with Crippen LogP contribution >= 0.6 is 11.6 Å². The molecule has 0 heterocycles. The number of carbonyl (C=O) groups excluding carboxylic acids is 1. The van der Waals surface area contributed by atoms with Crippen LogP contribution in [0.1, 0.15) is 44.7 Å². The second-order valence-electron chi connectivity index (χ2n) is 4.99. The number of hydrogen-bond acceptors (Lipinski definition) is 2. The molecule has 2 N–H and O–H groups in total. The summed E-state index contributed by atoms with van der Waals surface area (Å²) in [5.74, 6) is 0.0865. The molecule has 3 nitrogen and oxygen atoms in total. The van der Waals surface area contributed by atoms with Crippen molar-refractivity contribution in [2.45, 2.75) is 45.2 Å². The Hall–Kier alpha value is -1.06. The van der Waals surface area contributed by atoms with Gasteiger partial charge in [-0.15, -0.1) is 0 Å². The summed E-state index contributed by atoms with van der Waals surface area (Å²) in [6, 6.07) is 7.56. The van der Waals surface area contributed by atoms with Crippen LogP contribution in [-0.4, -0.2) is 23.9 Å².